The number of benzene rings is 2. The summed E-state index contributed by atoms with van der Waals surface area (Å²) in [6.07, 6.45) is -0.406. The standard InChI is InChI=1S/C21H26N2O4/c1-16(22-20(24)26-14-18-9-5-3-6-10-18)13-17(2)23-21(25)27-15-19-11-7-4-8-12-19/h3-12,16-17H,13-15H2,1-2H3,(H,22,24)(H,23,25). The number of rotatable bonds is 8. The zero-order chi connectivity index (χ0) is 19.5. The highest BCUT2D eigenvalue weighted by Gasteiger charge is 2.15. The van der Waals surface area contributed by atoms with Gasteiger partial charge in [-0.15, -0.1) is 0 Å². The van der Waals surface area contributed by atoms with Crippen molar-refractivity contribution >= 4 is 12.2 Å². The first-order valence-corrected chi connectivity index (χ1v) is 8.97. The number of carbonyl (C=O) groups excluding carboxylic acids is 2. The average molecular weight is 370 g/mol. The number of ether oxygens (including phenoxy) is 2. The molecule has 144 valence electrons. The Morgan fingerprint density at radius 2 is 1.11 bits per heavy atom. The lowest BCUT2D eigenvalue weighted by Gasteiger charge is -2.19. The van der Waals surface area contributed by atoms with Gasteiger partial charge in [0.1, 0.15) is 13.2 Å². The van der Waals surface area contributed by atoms with E-state index in [1.807, 2.05) is 74.5 Å². The molecule has 6 nitrogen and oxygen atoms in total. The molecule has 0 saturated heterocycles. The van der Waals surface area contributed by atoms with E-state index in [0.29, 0.717) is 6.42 Å². The monoisotopic (exact) mass is 370 g/mol. The topological polar surface area (TPSA) is 76.7 Å². The average Bonchev–Trinajstić information content (AvgIpc) is 2.66. The fourth-order valence-electron chi connectivity index (χ4n) is 2.58. The second-order valence-electron chi connectivity index (χ2n) is 6.45. The molecule has 0 aliphatic carbocycles. The van der Waals surface area contributed by atoms with Crippen LogP contribution in [0.4, 0.5) is 9.59 Å². The first-order valence-electron chi connectivity index (χ1n) is 8.97. The maximum atomic E-state index is 11.8. The maximum Gasteiger partial charge on any atom is 0.407 e. The van der Waals surface area contributed by atoms with E-state index in [0.717, 1.165) is 11.1 Å². The van der Waals surface area contributed by atoms with Gasteiger partial charge in [0.05, 0.1) is 0 Å². The zero-order valence-electron chi connectivity index (χ0n) is 15.7. The zero-order valence-corrected chi connectivity index (χ0v) is 15.7. The summed E-state index contributed by atoms with van der Waals surface area (Å²) < 4.78 is 10.4. The highest BCUT2D eigenvalue weighted by Crippen LogP contribution is 2.04. The van der Waals surface area contributed by atoms with Crippen molar-refractivity contribution in [2.75, 3.05) is 0 Å². The lowest BCUT2D eigenvalue weighted by molar-refractivity contribution is 0.132. The summed E-state index contributed by atoms with van der Waals surface area (Å²) in [6, 6.07) is 18.6. The minimum absolute atomic E-state index is 0.155. The number of hydrogen-bond acceptors (Lipinski definition) is 4. The fourth-order valence-corrected chi connectivity index (χ4v) is 2.58. The van der Waals surface area contributed by atoms with E-state index in [-0.39, 0.29) is 25.3 Å². The van der Waals surface area contributed by atoms with E-state index in [2.05, 4.69) is 10.6 Å². The number of hydrogen-bond donors (Lipinski definition) is 2. The lowest BCUT2D eigenvalue weighted by atomic mass is 10.1. The Kier molecular flexibility index (Phi) is 8.16. The van der Waals surface area contributed by atoms with Crippen molar-refractivity contribution in [3.63, 3.8) is 0 Å². The van der Waals surface area contributed by atoms with Crippen molar-refractivity contribution < 1.29 is 19.1 Å². The van der Waals surface area contributed by atoms with Gasteiger partial charge >= 0.3 is 12.2 Å². The van der Waals surface area contributed by atoms with Crippen LogP contribution in [0, 0.1) is 0 Å². The highest BCUT2D eigenvalue weighted by molar-refractivity contribution is 5.68. The Morgan fingerprint density at radius 1 is 0.741 bits per heavy atom. The third-order valence-corrected chi connectivity index (χ3v) is 3.86. The second-order valence-corrected chi connectivity index (χ2v) is 6.45. The van der Waals surface area contributed by atoms with Crippen molar-refractivity contribution in [3.05, 3.63) is 71.8 Å². The van der Waals surface area contributed by atoms with Crippen LogP contribution < -0.4 is 10.6 Å². The molecule has 2 unspecified atom stereocenters. The summed E-state index contributed by atoms with van der Waals surface area (Å²) in [5, 5.41) is 5.52. The number of alkyl carbamates (subject to hydrolysis) is 2. The Balaban J connectivity index is 1.63. The molecule has 2 N–H and O–H groups in total. The van der Waals surface area contributed by atoms with Crippen LogP contribution in [0.5, 0.6) is 0 Å². The van der Waals surface area contributed by atoms with Crippen molar-refractivity contribution in [3.8, 4) is 0 Å². The van der Waals surface area contributed by atoms with Gasteiger partial charge in [0.15, 0.2) is 0 Å². The maximum absolute atomic E-state index is 11.8. The first kappa shape index (κ1) is 20.3. The van der Waals surface area contributed by atoms with Gasteiger partial charge in [-0.25, -0.2) is 9.59 Å². The van der Waals surface area contributed by atoms with E-state index in [9.17, 15) is 9.59 Å². The van der Waals surface area contributed by atoms with Crippen LogP contribution in [-0.2, 0) is 22.7 Å². The Labute approximate surface area is 159 Å². The fraction of sp³-hybridized carbons (Fsp3) is 0.333. The van der Waals surface area contributed by atoms with Gasteiger partial charge in [-0.05, 0) is 31.4 Å². The van der Waals surface area contributed by atoms with Gasteiger partial charge in [-0.2, -0.15) is 0 Å². The summed E-state index contributed by atoms with van der Waals surface area (Å²) in [5.74, 6) is 0. The second kappa shape index (κ2) is 10.9. The predicted octanol–water partition coefficient (Wildman–Crippen LogP) is 4.01. The molecule has 0 bridgehead atoms. The van der Waals surface area contributed by atoms with Gasteiger partial charge in [0.25, 0.3) is 0 Å². The summed E-state index contributed by atoms with van der Waals surface area (Å²) in [7, 11) is 0. The molecule has 2 aromatic carbocycles. The Morgan fingerprint density at radius 3 is 1.48 bits per heavy atom. The van der Waals surface area contributed by atoms with E-state index in [4.69, 9.17) is 9.47 Å². The quantitative estimate of drug-likeness (QED) is 0.736. The van der Waals surface area contributed by atoms with Crippen LogP contribution in [-0.4, -0.2) is 24.3 Å². The molecule has 0 aliphatic rings. The molecule has 0 saturated carbocycles. The number of nitrogens with one attached hydrogen (secondary N) is 2. The molecule has 0 spiro atoms. The predicted molar refractivity (Wildman–Crippen MR) is 103 cm³/mol. The summed E-state index contributed by atoms with van der Waals surface area (Å²) in [6.45, 7) is 4.16. The molecule has 27 heavy (non-hydrogen) atoms. The van der Waals surface area contributed by atoms with Gasteiger partial charge in [0, 0.05) is 12.1 Å². The minimum Gasteiger partial charge on any atom is -0.445 e. The normalized spacial score (nSPS) is 12.5. The van der Waals surface area contributed by atoms with Crippen LogP contribution in [0.2, 0.25) is 0 Å². The molecule has 2 rings (SSSR count). The van der Waals surface area contributed by atoms with Crippen LogP contribution in [0.25, 0.3) is 0 Å². The van der Waals surface area contributed by atoms with Crippen molar-refractivity contribution in [2.45, 2.75) is 45.6 Å². The molecule has 6 heteroatoms. The van der Waals surface area contributed by atoms with E-state index in [1.54, 1.807) is 0 Å². The van der Waals surface area contributed by atoms with Gasteiger partial charge < -0.3 is 20.1 Å². The van der Waals surface area contributed by atoms with E-state index >= 15 is 0 Å². The van der Waals surface area contributed by atoms with Gasteiger partial charge in [0.2, 0.25) is 0 Å². The molecule has 0 aliphatic heterocycles. The van der Waals surface area contributed by atoms with E-state index < -0.39 is 12.2 Å². The van der Waals surface area contributed by atoms with Crippen LogP contribution in [0.1, 0.15) is 31.4 Å². The first-order chi connectivity index (χ1) is 13.0. The Bertz CT molecular complexity index is 645. The molecule has 2 amide bonds. The van der Waals surface area contributed by atoms with Gasteiger partial charge in [-0.1, -0.05) is 60.7 Å². The Hall–Kier alpha value is -3.02. The third-order valence-electron chi connectivity index (χ3n) is 3.86. The SMILES string of the molecule is CC(CC(C)NC(=O)OCc1ccccc1)NC(=O)OCc1ccccc1. The van der Waals surface area contributed by atoms with Crippen LogP contribution >= 0.6 is 0 Å². The molecule has 2 atom stereocenters. The lowest BCUT2D eigenvalue weighted by Crippen LogP contribution is -2.40. The smallest absolute Gasteiger partial charge is 0.407 e. The number of amides is 2. The van der Waals surface area contributed by atoms with Crippen LogP contribution in [0.15, 0.2) is 60.7 Å². The molecule has 2 aromatic rings. The summed E-state index contributed by atoms with van der Waals surface area (Å²) in [5.41, 5.74) is 1.85. The van der Waals surface area contributed by atoms with E-state index in [1.165, 1.54) is 0 Å². The van der Waals surface area contributed by atoms with Crippen molar-refractivity contribution in [2.24, 2.45) is 0 Å². The van der Waals surface area contributed by atoms with Crippen molar-refractivity contribution in [1.82, 2.24) is 10.6 Å². The van der Waals surface area contributed by atoms with Crippen LogP contribution in [0.3, 0.4) is 0 Å². The molecule has 0 radical (unpaired) electrons. The highest BCUT2D eigenvalue weighted by atomic mass is 16.6. The molecule has 0 fully saturated rings. The summed E-state index contributed by atoms with van der Waals surface area (Å²) in [4.78, 5) is 23.7. The van der Waals surface area contributed by atoms with Gasteiger partial charge in [-0.3, -0.25) is 0 Å². The van der Waals surface area contributed by atoms with Crippen molar-refractivity contribution in [1.29, 1.82) is 0 Å². The number of carbonyl (C=O) groups is 2. The third kappa shape index (κ3) is 8.27. The molecule has 0 heterocycles. The largest absolute Gasteiger partial charge is 0.445 e. The molecular weight excluding hydrogens is 344 g/mol. The minimum atomic E-state index is -0.481. The summed E-state index contributed by atoms with van der Waals surface area (Å²) >= 11 is 0. The molecular formula is C21H26N2O4. The molecule has 0 aromatic heterocycles.